The molecule has 0 heterocycles. The van der Waals surface area contributed by atoms with Crippen molar-refractivity contribution in [2.24, 2.45) is 0 Å². The topological polar surface area (TPSA) is 35.2 Å². The van der Waals surface area contributed by atoms with Crippen LogP contribution in [0.15, 0.2) is 18.2 Å². The van der Waals surface area contributed by atoms with Crippen LogP contribution in [0.1, 0.15) is 26.3 Å². The Kier molecular flexibility index (Phi) is 4.28. The molecular weight excluding hydrogens is 250 g/mol. The molecule has 0 bridgehead atoms. The molecule has 2 nitrogen and oxygen atoms in total. The zero-order chi connectivity index (χ0) is 13.3. The molecule has 4 heteroatoms. The van der Waals surface area contributed by atoms with E-state index in [2.05, 4.69) is 33.9 Å². The van der Waals surface area contributed by atoms with Crippen LogP contribution in [0.25, 0.3) is 0 Å². The molecule has 0 radical (unpaired) electrons. The highest BCUT2D eigenvalue weighted by Crippen LogP contribution is 2.37. The van der Waals surface area contributed by atoms with E-state index in [9.17, 15) is 0 Å². The molecule has 0 spiro atoms. The zero-order valence-electron chi connectivity index (χ0n) is 11.3. The molecule has 0 aromatic heterocycles. The van der Waals surface area contributed by atoms with Gasteiger partial charge in [0, 0.05) is 0 Å². The molecule has 17 heavy (non-hydrogen) atoms. The highest BCUT2D eigenvalue weighted by molar-refractivity contribution is 6.74. The van der Waals surface area contributed by atoms with Crippen molar-refractivity contribution in [2.75, 3.05) is 5.73 Å². The molecule has 0 aliphatic carbocycles. The predicted octanol–water partition coefficient (Wildman–Crippen LogP) is 4.44. The van der Waals surface area contributed by atoms with Crippen LogP contribution >= 0.6 is 11.6 Å². The summed E-state index contributed by atoms with van der Waals surface area (Å²) in [6, 6.07) is 5.67. The van der Waals surface area contributed by atoms with Crippen LogP contribution in [0.4, 0.5) is 5.69 Å². The molecule has 1 aromatic carbocycles. The first-order valence-corrected chi connectivity index (χ1v) is 9.10. The van der Waals surface area contributed by atoms with Crippen molar-refractivity contribution in [3.63, 3.8) is 0 Å². The van der Waals surface area contributed by atoms with Gasteiger partial charge in [-0.3, -0.25) is 0 Å². The van der Waals surface area contributed by atoms with Gasteiger partial charge >= 0.3 is 0 Å². The maximum absolute atomic E-state index is 6.12. The van der Waals surface area contributed by atoms with E-state index in [-0.39, 0.29) is 5.04 Å². The predicted molar refractivity (Wildman–Crippen MR) is 77.9 cm³/mol. The molecule has 0 fully saturated rings. The van der Waals surface area contributed by atoms with Crippen molar-refractivity contribution in [2.45, 2.75) is 45.5 Å². The van der Waals surface area contributed by atoms with Crippen LogP contribution in [0.2, 0.25) is 23.2 Å². The van der Waals surface area contributed by atoms with E-state index in [0.717, 1.165) is 5.56 Å². The van der Waals surface area contributed by atoms with E-state index in [1.165, 1.54) is 0 Å². The first-order chi connectivity index (χ1) is 7.63. The Bertz CT molecular complexity index is 399. The first-order valence-electron chi connectivity index (χ1n) is 5.81. The van der Waals surface area contributed by atoms with Gasteiger partial charge in [-0.25, -0.2) is 0 Å². The van der Waals surface area contributed by atoms with Gasteiger partial charge in [0.15, 0.2) is 8.32 Å². The lowest BCUT2D eigenvalue weighted by Crippen LogP contribution is -2.40. The molecule has 1 aromatic rings. The average Bonchev–Trinajstić information content (AvgIpc) is 2.18. The first kappa shape index (κ1) is 14.5. The third kappa shape index (κ3) is 3.73. The Labute approximate surface area is 110 Å². The summed E-state index contributed by atoms with van der Waals surface area (Å²) in [4.78, 5) is 0. The van der Waals surface area contributed by atoms with Gasteiger partial charge in [-0.05, 0) is 35.8 Å². The number of nitrogen functional groups attached to an aromatic ring is 1. The maximum Gasteiger partial charge on any atom is 0.192 e. The van der Waals surface area contributed by atoms with Gasteiger partial charge in [0.25, 0.3) is 0 Å². The minimum atomic E-state index is -1.69. The van der Waals surface area contributed by atoms with Gasteiger partial charge in [-0.1, -0.05) is 38.4 Å². The molecule has 0 saturated carbocycles. The van der Waals surface area contributed by atoms with E-state index < -0.39 is 8.32 Å². The number of hydrogen-bond acceptors (Lipinski definition) is 2. The number of nitrogens with two attached hydrogens (primary N) is 1. The molecule has 0 atom stereocenters. The quantitative estimate of drug-likeness (QED) is 0.651. The number of halogens is 1. The third-order valence-corrected chi connectivity index (χ3v) is 8.29. The van der Waals surface area contributed by atoms with Crippen LogP contribution in [0, 0.1) is 0 Å². The molecule has 1 rings (SSSR count). The maximum atomic E-state index is 6.12. The third-order valence-electron chi connectivity index (χ3n) is 3.47. The summed E-state index contributed by atoms with van der Waals surface area (Å²) < 4.78 is 6.12. The lowest BCUT2D eigenvalue weighted by Gasteiger charge is -2.36. The Morgan fingerprint density at radius 1 is 1.29 bits per heavy atom. The monoisotopic (exact) mass is 271 g/mol. The normalized spacial score (nSPS) is 12.8. The van der Waals surface area contributed by atoms with E-state index in [4.69, 9.17) is 21.8 Å². The summed E-state index contributed by atoms with van der Waals surface area (Å²) in [6.45, 7) is 11.8. The Morgan fingerprint density at radius 2 is 1.88 bits per heavy atom. The van der Waals surface area contributed by atoms with Crippen LogP contribution in [0.5, 0.6) is 0 Å². The number of anilines is 1. The van der Waals surface area contributed by atoms with E-state index in [1.54, 1.807) is 0 Å². The van der Waals surface area contributed by atoms with Gasteiger partial charge in [-0.15, -0.1) is 0 Å². The summed E-state index contributed by atoms with van der Waals surface area (Å²) in [5.41, 5.74) is 7.46. The van der Waals surface area contributed by atoms with Gasteiger partial charge in [0.1, 0.15) is 0 Å². The van der Waals surface area contributed by atoms with E-state index in [0.29, 0.717) is 17.3 Å². The highest BCUT2D eigenvalue weighted by Gasteiger charge is 2.36. The second-order valence-corrected chi connectivity index (χ2v) is 11.1. The van der Waals surface area contributed by atoms with Gasteiger partial charge < -0.3 is 10.2 Å². The Morgan fingerprint density at radius 3 is 2.35 bits per heavy atom. The summed E-state index contributed by atoms with van der Waals surface area (Å²) in [5.74, 6) is 0. The minimum absolute atomic E-state index is 0.227. The number of hydrogen-bond donors (Lipinski definition) is 1. The lowest BCUT2D eigenvalue weighted by molar-refractivity contribution is 0.276. The highest BCUT2D eigenvalue weighted by atomic mass is 35.5. The zero-order valence-corrected chi connectivity index (χ0v) is 13.1. The fourth-order valence-electron chi connectivity index (χ4n) is 1.16. The molecule has 0 amide bonds. The summed E-state index contributed by atoms with van der Waals surface area (Å²) >= 11 is 5.89. The molecule has 0 aliphatic rings. The van der Waals surface area contributed by atoms with Gasteiger partial charge in [0.05, 0.1) is 17.3 Å². The van der Waals surface area contributed by atoms with E-state index in [1.807, 2.05) is 18.2 Å². The second kappa shape index (κ2) is 5.00. The van der Waals surface area contributed by atoms with Crippen molar-refractivity contribution < 1.29 is 4.43 Å². The second-order valence-electron chi connectivity index (χ2n) is 5.90. The van der Waals surface area contributed by atoms with Crippen molar-refractivity contribution in [1.29, 1.82) is 0 Å². The molecule has 0 saturated heterocycles. The fraction of sp³-hybridized carbons (Fsp3) is 0.538. The van der Waals surface area contributed by atoms with Crippen molar-refractivity contribution in [3.05, 3.63) is 28.8 Å². The summed E-state index contributed by atoms with van der Waals surface area (Å²) in [7, 11) is -1.69. The Hall–Kier alpha value is -0.513. The van der Waals surface area contributed by atoms with Crippen LogP contribution < -0.4 is 5.73 Å². The molecular formula is C13H22ClNOSi. The van der Waals surface area contributed by atoms with Crippen LogP contribution in [-0.4, -0.2) is 8.32 Å². The minimum Gasteiger partial charge on any atom is -0.413 e. The molecule has 0 unspecified atom stereocenters. The smallest absolute Gasteiger partial charge is 0.192 e. The summed E-state index contributed by atoms with van der Waals surface area (Å²) in [5, 5.41) is 0.825. The van der Waals surface area contributed by atoms with Gasteiger partial charge in [-0.2, -0.15) is 0 Å². The van der Waals surface area contributed by atoms with E-state index >= 15 is 0 Å². The van der Waals surface area contributed by atoms with Crippen molar-refractivity contribution >= 4 is 25.6 Å². The van der Waals surface area contributed by atoms with Crippen molar-refractivity contribution in [1.82, 2.24) is 0 Å². The Balaban J connectivity index is 2.71. The van der Waals surface area contributed by atoms with Crippen molar-refractivity contribution in [3.8, 4) is 0 Å². The summed E-state index contributed by atoms with van der Waals surface area (Å²) in [6.07, 6.45) is 0. The SMILES string of the molecule is CC(C)(C)[Si](C)(C)OCc1ccc(Cl)c(N)c1. The average molecular weight is 272 g/mol. The molecule has 2 N–H and O–H groups in total. The van der Waals surface area contributed by atoms with Crippen LogP contribution in [-0.2, 0) is 11.0 Å². The van der Waals surface area contributed by atoms with Gasteiger partial charge in [0.2, 0.25) is 0 Å². The largest absolute Gasteiger partial charge is 0.413 e. The number of benzene rings is 1. The van der Waals surface area contributed by atoms with Crippen LogP contribution in [0.3, 0.4) is 0 Å². The standard InChI is InChI=1S/C13H22ClNOSi/c1-13(2,3)17(4,5)16-9-10-6-7-11(14)12(15)8-10/h6-8H,9,15H2,1-5H3. The molecule has 0 aliphatic heterocycles. The fourth-order valence-corrected chi connectivity index (χ4v) is 2.24. The molecule has 96 valence electrons. The number of rotatable bonds is 3. The lowest BCUT2D eigenvalue weighted by atomic mass is 10.2.